The van der Waals surface area contributed by atoms with Gasteiger partial charge in [-0.2, -0.15) is 4.68 Å². The normalized spacial score (nSPS) is 10.7. The van der Waals surface area contributed by atoms with E-state index < -0.39 is 0 Å². The maximum Gasteiger partial charge on any atom is 0.258 e. The van der Waals surface area contributed by atoms with Crippen LogP contribution in [-0.4, -0.2) is 58.0 Å². The highest BCUT2D eigenvalue weighted by Gasteiger charge is 2.14. The summed E-state index contributed by atoms with van der Waals surface area (Å²) in [4.78, 5) is 24.6. The van der Waals surface area contributed by atoms with Crippen LogP contribution >= 0.6 is 11.8 Å². The van der Waals surface area contributed by atoms with E-state index in [9.17, 15) is 9.59 Å². The third kappa shape index (κ3) is 5.76. The van der Waals surface area contributed by atoms with Crippen molar-refractivity contribution in [1.82, 2.24) is 25.5 Å². The second-order valence-electron chi connectivity index (χ2n) is 6.96. The molecule has 2 N–H and O–H groups in total. The first-order valence-corrected chi connectivity index (χ1v) is 11.0. The summed E-state index contributed by atoms with van der Waals surface area (Å²) in [5.41, 5.74) is 1.68. The maximum atomic E-state index is 12.8. The molecule has 0 radical (unpaired) electrons. The highest BCUT2D eigenvalue weighted by atomic mass is 32.2. The fourth-order valence-electron chi connectivity index (χ4n) is 2.82. The minimum atomic E-state index is -0.327. The summed E-state index contributed by atoms with van der Waals surface area (Å²) in [6, 6.07) is 12.0. The van der Waals surface area contributed by atoms with Crippen LogP contribution in [0.4, 0.5) is 5.69 Å². The zero-order valence-electron chi connectivity index (χ0n) is 18.2. The van der Waals surface area contributed by atoms with Crippen LogP contribution in [0.5, 0.6) is 11.5 Å². The van der Waals surface area contributed by atoms with Gasteiger partial charge in [0.1, 0.15) is 0 Å². The second kappa shape index (κ2) is 10.6. The lowest BCUT2D eigenvalue weighted by Gasteiger charge is -2.13. The minimum Gasteiger partial charge on any atom is -0.493 e. The number of nitrogens with zero attached hydrogens (tertiary/aromatic N) is 4. The number of tetrazole rings is 1. The third-order valence-corrected chi connectivity index (χ3v) is 4.83. The van der Waals surface area contributed by atoms with Crippen molar-refractivity contribution in [1.29, 1.82) is 0 Å². The molecule has 0 fully saturated rings. The Morgan fingerprint density at radius 1 is 1.16 bits per heavy atom. The number of hydrogen-bond acceptors (Lipinski definition) is 8. The Balaban J connectivity index is 1.71. The van der Waals surface area contributed by atoms with E-state index in [4.69, 9.17) is 9.47 Å². The quantitative estimate of drug-likeness (QED) is 0.472. The molecule has 0 unspecified atom stereocenters. The van der Waals surface area contributed by atoms with Crippen LogP contribution in [-0.2, 0) is 4.79 Å². The number of carbonyl (C=O) groups excluding carboxylic acids is 2. The summed E-state index contributed by atoms with van der Waals surface area (Å²) in [5.74, 6) is 0.151. The van der Waals surface area contributed by atoms with Gasteiger partial charge in [-0.1, -0.05) is 17.8 Å². The summed E-state index contributed by atoms with van der Waals surface area (Å²) in [6.45, 7) is 3.58. The fraction of sp³-hybridized carbons (Fsp3) is 0.286. The number of ether oxygens (including phenoxy) is 2. The molecule has 0 aliphatic rings. The van der Waals surface area contributed by atoms with E-state index in [1.54, 1.807) is 41.1 Å². The Morgan fingerprint density at radius 2 is 1.97 bits per heavy atom. The molecule has 0 aliphatic carbocycles. The van der Waals surface area contributed by atoms with E-state index in [1.165, 1.54) is 18.9 Å². The fourth-order valence-corrected chi connectivity index (χ4v) is 3.25. The summed E-state index contributed by atoms with van der Waals surface area (Å²) >= 11 is 1.42. The van der Waals surface area contributed by atoms with Crippen LogP contribution in [0.3, 0.4) is 0 Å². The van der Waals surface area contributed by atoms with Gasteiger partial charge in [-0.25, -0.2) is 0 Å². The van der Waals surface area contributed by atoms with Gasteiger partial charge in [-0.3, -0.25) is 9.59 Å². The van der Waals surface area contributed by atoms with Gasteiger partial charge >= 0.3 is 0 Å². The van der Waals surface area contributed by atoms with Crippen molar-refractivity contribution in [2.24, 2.45) is 0 Å². The lowest BCUT2D eigenvalue weighted by Crippen LogP contribution is -2.34. The zero-order valence-corrected chi connectivity index (χ0v) is 19.0. The number of benzene rings is 2. The monoisotopic (exact) mass is 456 g/mol. The van der Waals surface area contributed by atoms with E-state index in [-0.39, 0.29) is 24.5 Å². The number of carbonyl (C=O) groups is 2. The van der Waals surface area contributed by atoms with Gasteiger partial charge in [-0.05, 0) is 66.9 Å². The minimum absolute atomic E-state index is 0.0192. The standard InChI is InChI=1S/C21H24N6O4S/c1-13(2)22-19(28)12-31-17-9-8-14(10-18(17)30-3)20(29)23-15-6-5-7-16(11-15)27-21(32-4)24-25-26-27/h5-11,13H,12H2,1-4H3,(H,22,28)(H,23,29). The number of rotatable bonds is 9. The first-order valence-electron chi connectivity index (χ1n) is 9.75. The van der Waals surface area contributed by atoms with Gasteiger partial charge < -0.3 is 20.1 Å². The summed E-state index contributed by atoms with van der Waals surface area (Å²) in [5, 5.41) is 17.8. The van der Waals surface area contributed by atoms with Crippen molar-refractivity contribution in [3.05, 3.63) is 48.0 Å². The number of aromatic nitrogens is 4. The summed E-state index contributed by atoms with van der Waals surface area (Å²) in [6.07, 6.45) is 1.88. The summed E-state index contributed by atoms with van der Waals surface area (Å²) < 4.78 is 12.4. The Labute approximate surface area is 189 Å². The molecule has 0 aliphatic heterocycles. The number of methoxy groups -OCH3 is 1. The Kier molecular flexibility index (Phi) is 7.66. The molecule has 2 amide bonds. The van der Waals surface area contributed by atoms with E-state index in [2.05, 4.69) is 26.2 Å². The van der Waals surface area contributed by atoms with Crippen molar-refractivity contribution in [3.8, 4) is 17.2 Å². The molecule has 2 aromatic carbocycles. The maximum absolute atomic E-state index is 12.8. The lowest BCUT2D eigenvalue weighted by atomic mass is 10.1. The predicted molar refractivity (Wildman–Crippen MR) is 121 cm³/mol. The molecular formula is C21H24N6O4S. The van der Waals surface area contributed by atoms with Gasteiger partial charge in [0.25, 0.3) is 11.8 Å². The van der Waals surface area contributed by atoms with E-state index in [0.717, 1.165) is 5.69 Å². The molecule has 32 heavy (non-hydrogen) atoms. The SMILES string of the molecule is COc1cc(C(=O)Nc2cccc(-n3nnnc3SC)c2)ccc1OCC(=O)NC(C)C. The molecule has 1 heterocycles. The average molecular weight is 457 g/mol. The second-order valence-corrected chi connectivity index (χ2v) is 7.73. The van der Waals surface area contributed by atoms with Crippen LogP contribution in [0.15, 0.2) is 47.6 Å². The Hall–Kier alpha value is -3.60. The largest absolute Gasteiger partial charge is 0.493 e. The molecule has 0 saturated heterocycles. The molecule has 0 bridgehead atoms. The van der Waals surface area contributed by atoms with Crippen LogP contribution < -0.4 is 20.1 Å². The van der Waals surface area contributed by atoms with Gasteiger partial charge in [-0.15, -0.1) is 5.10 Å². The number of hydrogen-bond donors (Lipinski definition) is 2. The molecule has 3 rings (SSSR count). The first kappa shape index (κ1) is 23.1. The van der Waals surface area contributed by atoms with Crippen molar-refractivity contribution in [2.75, 3.05) is 25.3 Å². The van der Waals surface area contributed by atoms with E-state index in [0.29, 0.717) is 27.9 Å². The van der Waals surface area contributed by atoms with Crippen molar-refractivity contribution in [3.63, 3.8) is 0 Å². The zero-order chi connectivity index (χ0) is 23.1. The van der Waals surface area contributed by atoms with Crippen molar-refractivity contribution >= 4 is 29.3 Å². The van der Waals surface area contributed by atoms with Crippen LogP contribution in [0.25, 0.3) is 5.69 Å². The van der Waals surface area contributed by atoms with Gasteiger partial charge in [0, 0.05) is 17.3 Å². The van der Waals surface area contributed by atoms with Crippen LogP contribution in [0.2, 0.25) is 0 Å². The highest BCUT2D eigenvalue weighted by Crippen LogP contribution is 2.28. The van der Waals surface area contributed by atoms with Gasteiger partial charge in [0.2, 0.25) is 5.16 Å². The molecule has 0 atom stereocenters. The third-order valence-electron chi connectivity index (χ3n) is 4.21. The highest BCUT2D eigenvalue weighted by molar-refractivity contribution is 7.98. The number of amides is 2. The number of anilines is 1. The molecule has 1 aromatic heterocycles. The van der Waals surface area contributed by atoms with Gasteiger partial charge in [0.15, 0.2) is 18.1 Å². The van der Waals surface area contributed by atoms with Crippen LogP contribution in [0, 0.1) is 0 Å². The average Bonchev–Trinajstić information content (AvgIpc) is 3.26. The van der Waals surface area contributed by atoms with Crippen LogP contribution in [0.1, 0.15) is 24.2 Å². The molecule has 10 nitrogen and oxygen atoms in total. The predicted octanol–water partition coefficient (Wildman–Crippen LogP) is 2.55. The van der Waals surface area contributed by atoms with Gasteiger partial charge in [0.05, 0.1) is 12.8 Å². The molecule has 0 saturated carbocycles. The summed E-state index contributed by atoms with van der Waals surface area (Å²) in [7, 11) is 1.47. The molecule has 3 aromatic rings. The van der Waals surface area contributed by atoms with Crippen molar-refractivity contribution < 1.29 is 19.1 Å². The van der Waals surface area contributed by atoms with E-state index >= 15 is 0 Å². The molecule has 0 spiro atoms. The first-order chi connectivity index (χ1) is 15.4. The molecule has 168 valence electrons. The van der Waals surface area contributed by atoms with Crippen molar-refractivity contribution in [2.45, 2.75) is 25.0 Å². The Bertz CT molecular complexity index is 1100. The molecule has 11 heteroatoms. The molecular weight excluding hydrogens is 432 g/mol. The lowest BCUT2D eigenvalue weighted by molar-refractivity contribution is -0.123. The smallest absolute Gasteiger partial charge is 0.258 e. The Morgan fingerprint density at radius 3 is 2.69 bits per heavy atom. The number of thioether (sulfide) groups is 1. The number of nitrogens with one attached hydrogen (secondary N) is 2. The topological polar surface area (TPSA) is 120 Å². The van der Waals surface area contributed by atoms with E-state index in [1.807, 2.05) is 26.2 Å².